The van der Waals surface area contributed by atoms with Crippen LogP contribution in [-0.2, 0) is 4.74 Å². The second-order valence-electron chi connectivity index (χ2n) is 4.49. The lowest BCUT2D eigenvalue weighted by Crippen LogP contribution is -1.98. The first-order valence-corrected chi connectivity index (χ1v) is 5.64. The van der Waals surface area contributed by atoms with Gasteiger partial charge in [0.15, 0.2) is 0 Å². The van der Waals surface area contributed by atoms with Crippen LogP contribution in [0.2, 0.25) is 0 Å². The van der Waals surface area contributed by atoms with Gasteiger partial charge in [0, 0.05) is 11.5 Å². The number of epoxide rings is 1. The topological polar surface area (TPSA) is 63.0 Å². The molecule has 1 aliphatic rings. The van der Waals surface area contributed by atoms with Crippen molar-refractivity contribution in [3.8, 4) is 5.75 Å². The third kappa shape index (κ3) is 1.62. The summed E-state index contributed by atoms with van der Waals surface area (Å²) >= 11 is 0. The van der Waals surface area contributed by atoms with E-state index in [4.69, 9.17) is 9.15 Å². The summed E-state index contributed by atoms with van der Waals surface area (Å²) < 4.78 is 10.6. The Labute approximate surface area is 103 Å². The monoisotopic (exact) mass is 244 g/mol. The largest absolute Gasteiger partial charge is 0.507 e. The van der Waals surface area contributed by atoms with Crippen molar-refractivity contribution in [1.82, 2.24) is 0 Å². The first kappa shape index (κ1) is 11.0. The fourth-order valence-corrected chi connectivity index (χ4v) is 2.13. The second kappa shape index (κ2) is 3.71. The lowest BCUT2D eigenvalue weighted by Gasteiger charge is -2.04. The van der Waals surface area contributed by atoms with Crippen molar-refractivity contribution in [2.45, 2.75) is 19.1 Å². The van der Waals surface area contributed by atoms with Gasteiger partial charge in [0.1, 0.15) is 23.5 Å². The van der Waals surface area contributed by atoms with Crippen molar-refractivity contribution in [3.05, 3.63) is 52.4 Å². The Bertz CT molecular complexity index is 698. The van der Waals surface area contributed by atoms with Crippen molar-refractivity contribution in [3.63, 3.8) is 0 Å². The lowest BCUT2D eigenvalue weighted by molar-refractivity contribution is 0.379. The number of benzene rings is 1. The van der Waals surface area contributed by atoms with Gasteiger partial charge in [-0.2, -0.15) is 0 Å². The summed E-state index contributed by atoms with van der Waals surface area (Å²) in [4.78, 5) is 11.3. The Hall–Kier alpha value is -2.07. The van der Waals surface area contributed by atoms with E-state index in [0.29, 0.717) is 11.1 Å². The van der Waals surface area contributed by atoms with Crippen LogP contribution in [0.1, 0.15) is 18.6 Å². The molecule has 0 saturated carbocycles. The molecule has 0 unspecified atom stereocenters. The molecule has 2 aromatic rings. The van der Waals surface area contributed by atoms with Crippen LogP contribution in [0.15, 0.2) is 45.6 Å². The molecule has 3 rings (SSSR count). The Kier molecular flexibility index (Phi) is 2.28. The van der Waals surface area contributed by atoms with Crippen LogP contribution in [0.25, 0.3) is 11.0 Å². The minimum atomic E-state index is -0.443. The summed E-state index contributed by atoms with van der Waals surface area (Å²) in [5, 5.41) is 10.7. The molecular formula is C14H12O4. The molecular weight excluding hydrogens is 232 g/mol. The molecule has 1 aliphatic heterocycles. The van der Waals surface area contributed by atoms with Gasteiger partial charge < -0.3 is 14.3 Å². The molecule has 4 heteroatoms. The van der Waals surface area contributed by atoms with Crippen molar-refractivity contribution in [2.75, 3.05) is 0 Å². The van der Waals surface area contributed by atoms with Crippen LogP contribution in [0.4, 0.5) is 0 Å². The van der Waals surface area contributed by atoms with Gasteiger partial charge in [-0.25, -0.2) is 4.79 Å². The summed E-state index contributed by atoms with van der Waals surface area (Å²) in [6.45, 7) is 5.69. The van der Waals surface area contributed by atoms with Crippen LogP contribution in [-0.4, -0.2) is 11.2 Å². The Balaban J connectivity index is 2.21. The van der Waals surface area contributed by atoms with Gasteiger partial charge in [-0.1, -0.05) is 6.58 Å². The fourth-order valence-electron chi connectivity index (χ4n) is 2.13. The maximum Gasteiger partial charge on any atom is 0.336 e. The van der Waals surface area contributed by atoms with Gasteiger partial charge in [0.25, 0.3) is 0 Å². The van der Waals surface area contributed by atoms with E-state index < -0.39 is 5.63 Å². The summed E-state index contributed by atoms with van der Waals surface area (Å²) in [5.41, 5.74) is 1.35. The molecule has 0 aliphatic carbocycles. The Morgan fingerprint density at radius 1 is 1.33 bits per heavy atom. The van der Waals surface area contributed by atoms with Gasteiger partial charge >= 0.3 is 5.63 Å². The molecule has 0 radical (unpaired) electrons. The molecule has 2 heterocycles. The third-order valence-corrected chi connectivity index (χ3v) is 3.07. The fraction of sp³-hybridized carbons (Fsp3) is 0.214. The summed E-state index contributed by atoms with van der Waals surface area (Å²) in [7, 11) is 0. The molecule has 1 aromatic carbocycles. The van der Waals surface area contributed by atoms with Gasteiger partial charge in [0.05, 0.1) is 5.56 Å². The third-order valence-electron chi connectivity index (χ3n) is 3.07. The molecule has 1 fully saturated rings. The van der Waals surface area contributed by atoms with Gasteiger partial charge in [-0.15, -0.1) is 0 Å². The summed E-state index contributed by atoms with van der Waals surface area (Å²) in [6, 6.07) is 6.31. The predicted octanol–water partition coefficient (Wildman–Crippen LogP) is 2.51. The highest BCUT2D eigenvalue weighted by Crippen LogP contribution is 2.48. The molecule has 4 nitrogen and oxygen atoms in total. The number of hydrogen-bond donors (Lipinski definition) is 1. The number of phenolic OH excluding ortho intramolecular Hbond substituents is 1. The molecule has 92 valence electrons. The maximum absolute atomic E-state index is 11.3. The van der Waals surface area contributed by atoms with Gasteiger partial charge in [-0.05, 0) is 30.7 Å². The van der Waals surface area contributed by atoms with E-state index in [0.717, 1.165) is 11.0 Å². The minimum Gasteiger partial charge on any atom is -0.507 e. The van der Waals surface area contributed by atoms with E-state index in [1.54, 1.807) is 18.2 Å². The second-order valence-corrected chi connectivity index (χ2v) is 4.49. The average Bonchev–Trinajstić information content (AvgIpc) is 3.08. The molecule has 1 saturated heterocycles. The number of ether oxygens (including phenoxy) is 1. The highest BCUT2D eigenvalue weighted by Gasteiger charge is 2.44. The standard InChI is InChI=1S/C14H12O4/c1-7(2)12-14(18-12)11-9(15)5-3-8-4-6-10(16)17-13(8)11/h3-6,12,14-15H,1H2,2H3/t12-,14-/m1/s1. The smallest absolute Gasteiger partial charge is 0.336 e. The summed E-state index contributed by atoms with van der Waals surface area (Å²) in [5.74, 6) is 0.0746. The van der Waals surface area contributed by atoms with E-state index in [1.165, 1.54) is 6.07 Å². The molecule has 18 heavy (non-hydrogen) atoms. The molecule has 0 bridgehead atoms. The Morgan fingerprint density at radius 2 is 2.06 bits per heavy atom. The normalized spacial score (nSPS) is 22.1. The average molecular weight is 244 g/mol. The van der Waals surface area contributed by atoms with Crippen LogP contribution in [0, 0.1) is 0 Å². The van der Waals surface area contributed by atoms with E-state index in [2.05, 4.69) is 6.58 Å². The first-order chi connectivity index (χ1) is 8.58. The number of fused-ring (bicyclic) bond motifs is 1. The minimum absolute atomic E-state index is 0.0746. The molecule has 1 aromatic heterocycles. The van der Waals surface area contributed by atoms with Crippen LogP contribution < -0.4 is 5.63 Å². The van der Waals surface area contributed by atoms with Crippen LogP contribution in [0.3, 0.4) is 0 Å². The SMILES string of the molecule is C=C(C)[C@H]1O[C@@H]1c1c(O)ccc2ccc(=O)oc12. The van der Waals surface area contributed by atoms with E-state index in [-0.39, 0.29) is 18.0 Å². The van der Waals surface area contributed by atoms with E-state index in [1.807, 2.05) is 6.92 Å². The van der Waals surface area contributed by atoms with E-state index >= 15 is 0 Å². The Morgan fingerprint density at radius 3 is 2.72 bits per heavy atom. The highest BCUT2D eigenvalue weighted by molar-refractivity contribution is 5.82. The van der Waals surface area contributed by atoms with Gasteiger partial charge in [-0.3, -0.25) is 0 Å². The van der Waals surface area contributed by atoms with Crippen molar-refractivity contribution in [2.24, 2.45) is 0 Å². The van der Waals surface area contributed by atoms with Crippen molar-refractivity contribution in [1.29, 1.82) is 0 Å². The maximum atomic E-state index is 11.3. The number of rotatable bonds is 2. The zero-order valence-electron chi connectivity index (χ0n) is 9.84. The molecule has 0 spiro atoms. The van der Waals surface area contributed by atoms with Gasteiger partial charge in [0.2, 0.25) is 0 Å². The number of aromatic hydroxyl groups is 1. The molecule has 2 atom stereocenters. The predicted molar refractivity (Wildman–Crippen MR) is 66.6 cm³/mol. The number of hydrogen-bond acceptors (Lipinski definition) is 4. The molecule has 0 amide bonds. The lowest BCUT2D eigenvalue weighted by atomic mass is 10.0. The van der Waals surface area contributed by atoms with Crippen molar-refractivity contribution >= 4 is 11.0 Å². The van der Waals surface area contributed by atoms with Crippen molar-refractivity contribution < 1.29 is 14.3 Å². The zero-order chi connectivity index (χ0) is 12.9. The zero-order valence-corrected chi connectivity index (χ0v) is 9.84. The van der Waals surface area contributed by atoms with Crippen LogP contribution in [0.5, 0.6) is 5.75 Å². The quantitative estimate of drug-likeness (QED) is 0.501. The summed E-state index contributed by atoms with van der Waals surface area (Å²) in [6.07, 6.45) is -0.399. The highest BCUT2D eigenvalue weighted by atomic mass is 16.6. The number of phenols is 1. The first-order valence-electron chi connectivity index (χ1n) is 5.64. The van der Waals surface area contributed by atoms with E-state index in [9.17, 15) is 9.90 Å². The molecule has 1 N–H and O–H groups in total. The van der Waals surface area contributed by atoms with Crippen LogP contribution >= 0.6 is 0 Å².